The number of rotatable bonds is 3. The maximum absolute atomic E-state index is 11.4. The van der Waals surface area contributed by atoms with Crippen molar-refractivity contribution in [3.05, 3.63) is 28.8 Å². The molecular formula is C16H21NO2. The van der Waals surface area contributed by atoms with Crippen molar-refractivity contribution in [1.82, 2.24) is 0 Å². The highest BCUT2D eigenvalue weighted by Crippen LogP contribution is 2.38. The Morgan fingerprint density at radius 3 is 2.32 bits per heavy atom. The minimum atomic E-state index is -0.696. The first-order chi connectivity index (χ1) is 9.20. The van der Waals surface area contributed by atoms with E-state index in [4.69, 9.17) is 0 Å². The molecule has 3 heteroatoms. The number of hydrogen-bond acceptors (Lipinski definition) is 2. The van der Waals surface area contributed by atoms with E-state index < -0.39 is 5.97 Å². The topological polar surface area (TPSA) is 40.5 Å². The van der Waals surface area contributed by atoms with Gasteiger partial charge in [-0.2, -0.15) is 0 Å². The summed E-state index contributed by atoms with van der Waals surface area (Å²) in [6.45, 7) is 4.28. The molecule has 0 bridgehead atoms. The van der Waals surface area contributed by atoms with Gasteiger partial charge in [0.05, 0.1) is 5.92 Å². The van der Waals surface area contributed by atoms with Crippen molar-refractivity contribution in [3.63, 3.8) is 0 Å². The van der Waals surface area contributed by atoms with Gasteiger partial charge in [0.15, 0.2) is 0 Å². The number of aryl methyl sites for hydroxylation is 2. The standard InChI is InChI=1S/C16H21NO2/c1-2-14(16(18)19)13-9-11-5-3-7-17-8-4-6-12(10-13)15(11)17/h9-10,14H,2-8H2,1H3,(H,18,19). The average Bonchev–Trinajstić information content (AvgIpc) is 2.39. The molecule has 2 aliphatic rings. The highest BCUT2D eigenvalue weighted by molar-refractivity contribution is 5.77. The molecule has 1 aromatic rings. The summed E-state index contributed by atoms with van der Waals surface area (Å²) in [5, 5.41) is 9.35. The van der Waals surface area contributed by atoms with Gasteiger partial charge in [0.1, 0.15) is 0 Å². The Labute approximate surface area is 114 Å². The van der Waals surface area contributed by atoms with Crippen LogP contribution in [0.4, 0.5) is 5.69 Å². The Hall–Kier alpha value is -1.51. The molecule has 102 valence electrons. The number of anilines is 1. The summed E-state index contributed by atoms with van der Waals surface area (Å²) < 4.78 is 0. The predicted octanol–water partition coefficient (Wildman–Crippen LogP) is 2.96. The second kappa shape index (κ2) is 4.87. The van der Waals surface area contributed by atoms with Gasteiger partial charge in [-0.25, -0.2) is 0 Å². The Bertz CT molecular complexity index is 478. The average molecular weight is 259 g/mol. The van der Waals surface area contributed by atoms with Gasteiger partial charge in [0, 0.05) is 18.8 Å². The fourth-order valence-corrected chi connectivity index (χ4v) is 3.58. The van der Waals surface area contributed by atoms with Crippen molar-refractivity contribution in [1.29, 1.82) is 0 Å². The fraction of sp³-hybridized carbons (Fsp3) is 0.562. The molecule has 3 nitrogen and oxygen atoms in total. The SMILES string of the molecule is CCC(C(=O)O)c1cc2c3c(c1)CCCN3CCC2. The molecule has 0 spiro atoms. The number of aliphatic carboxylic acids is 1. The van der Waals surface area contributed by atoms with E-state index in [9.17, 15) is 9.90 Å². The van der Waals surface area contributed by atoms with Gasteiger partial charge >= 0.3 is 5.97 Å². The Morgan fingerprint density at radius 1 is 1.26 bits per heavy atom. The first-order valence-electron chi connectivity index (χ1n) is 7.34. The third-order valence-electron chi connectivity index (χ3n) is 4.46. The molecule has 0 fully saturated rings. The predicted molar refractivity (Wildman–Crippen MR) is 76.0 cm³/mol. The van der Waals surface area contributed by atoms with Gasteiger partial charge in [-0.05, 0) is 48.8 Å². The summed E-state index contributed by atoms with van der Waals surface area (Å²) in [7, 11) is 0. The quantitative estimate of drug-likeness (QED) is 0.907. The summed E-state index contributed by atoms with van der Waals surface area (Å²) in [6, 6.07) is 4.30. The van der Waals surface area contributed by atoms with Crippen LogP contribution < -0.4 is 4.90 Å². The van der Waals surface area contributed by atoms with E-state index in [0.717, 1.165) is 31.5 Å². The van der Waals surface area contributed by atoms with Crippen LogP contribution in [0.25, 0.3) is 0 Å². The van der Waals surface area contributed by atoms with Crippen LogP contribution in [-0.4, -0.2) is 24.2 Å². The third-order valence-corrected chi connectivity index (χ3v) is 4.46. The monoisotopic (exact) mass is 259 g/mol. The minimum Gasteiger partial charge on any atom is -0.481 e. The zero-order valence-electron chi connectivity index (χ0n) is 11.5. The molecule has 2 aliphatic heterocycles. The minimum absolute atomic E-state index is 0.348. The second-order valence-corrected chi connectivity index (χ2v) is 5.68. The number of hydrogen-bond donors (Lipinski definition) is 1. The van der Waals surface area contributed by atoms with Gasteiger partial charge in [-0.15, -0.1) is 0 Å². The van der Waals surface area contributed by atoms with Crippen molar-refractivity contribution < 1.29 is 9.90 Å². The molecular weight excluding hydrogens is 238 g/mol. The molecule has 0 saturated heterocycles. The number of benzene rings is 1. The number of carboxylic acids is 1. The van der Waals surface area contributed by atoms with Crippen LogP contribution in [-0.2, 0) is 17.6 Å². The molecule has 1 N–H and O–H groups in total. The lowest BCUT2D eigenvalue weighted by Gasteiger charge is -2.37. The van der Waals surface area contributed by atoms with E-state index in [2.05, 4.69) is 17.0 Å². The molecule has 1 aromatic carbocycles. The van der Waals surface area contributed by atoms with Crippen LogP contribution in [0.2, 0.25) is 0 Å². The Kier molecular flexibility index (Phi) is 3.21. The molecule has 0 aromatic heterocycles. The maximum Gasteiger partial charge on any atom is 0.310 e. The van der Waals surface area contributed by atoms with E-state index in [0.29, 0.717) is 6.42 Å². The lowest BCUT2D eigenvalue weighted by Crippen LogP contribution is -2.34. The second-order valence-electron chi connectivity index (χ2n) is 5.68. The number of carbonyl (C=O) groups is 1. The van der Waals surface area contributed by atoms with E-state index in [1.165, 1.54) is 29.7 Å². The normalized spacial score (nSPS) is 18.9. The highest BCUT2D eigenvalue weighted by Gasteiger charge is 2.27. The maximum atomic E-state index is 11.4. The largest absolute Gasteiger partial charge is 0.481 e. The lowest BCUT2D eigenvalue weighted by molar-refractivity contribution is -0.138. The molecule has 0 aliphatic carbocycles. The first kappa shape index (κ1) is 12.5. The Morgan fingerprint density at radius 2 is 1.84 bits per heavy atom. The van der Waals surface area contributed by atoms with Crippen molar-refractivity contribution in [2.24, 2.45) is 0 Å². The van der Waals surface area contributed by atoms with Gasteiger partial charge in [-0.3, -0.25) is 4.79 Å². The van der Waals surface area contributed by atoms with E-state index in [1.54, 1.807) is 0 Å². The van der Waals surface area contributed by atoms with Crippen LogP contribution >= 0.6 is 0 Å². The molecule has 3 rings (SSSR count). The smallest absolute Gasteiger partial charge is 0.310 e. The van der Waals surface area contributed by atoms with Crippen LogP contribution in [0.1, 0.15) is 48.8 Å². The molecule has 0 saturated carbocycles. The van der Waals surface area contributed by atoms with E-state index in [1.807, 2.05) is 6.92 Å². The van der Waals surface area contributed by atoms with Gasteiger partial charge < -0.3 is 10.0 Å². The van der Waals surface area contributed by atoms with E-state index in [-0.39, 0.29) is 5.92 Å². The van der Waals surface area contributed by atoms with Crippen LogP contribution in [0.3, 0.4) is 0 Å². The first-order valence-corrected chi connectivity index (χ1v) is 7.34. The van der Waals surface area contributed by atoms with Crippen LogP contribution in [0.5, 0.6) is 0 Å². The number of nitrogens with zero attached hydrogens (tertiary/aromatic N) is 1. The van der Waals surface area contributed by atoms with Crippen molar-refractivity contribution in [3.8, 4) is 0 Å². The fourth-order valence-electron chi connectivity index (χ4n) is 3.58. The summed E-state index contributed by atoms with van der Waals surface area (Å²) in [4.78, 5) is 13.9. The summed E-state index contributed by atoms with van der Waals surface area (Å²) >= 11 is 0. The Balaban J connectivity index is 2.07. The van der Waals surface area contributed by atoms with Gasteiger partial charge in [0.25, 0.3) is 0 Å². The van der Waals surface area contributed by atoms with Crippen LogP contribution in [0.15, 0.2) is 12.1 Å². The summed E-state index contributed by atoms with van der Waals surface area (Å²) in [5.74, 6) is -1.04. The molecule has 0 amide bonds. The molecule has 1 atom stereocenters. The molecule has 2 heterocycles. The lowest BCUT2D eigenvalue weighted by atomic mass is 9.86. The van der Waals surface area contributed by atoms with Crippen molar-refractivity contribution >= 4 is 11.7 Å². The van der Waals surface area contributed by atoms with Crippen molar-refractivity contribution in [2.45, 2.75) is 44.9 Å². The molecule has 1 unspecified atom stereocenters. The van der Waals surface area contributed by atoms with Gasteiger partial charge in [-0.1, -0.05) is 19.1 Å². The highest BCUT2D eigenvalue weighted by atomic mass is 16.4. The molecule has 0 radical (unpaired) electrons. The van der Waals surface area contributed by atoms with E-state index >= 15 is 0 Å². The zero-order chi connectivity index (χ0) is 13.4. The summed E-state index contributed by atoms with van der Waals surface area (Å²) in [5.41, 5.74) is 5.17. The third kappa shape index (κ3) is 2.11. The van der Waals surface area contributed by atoms with Crippen LogP contribution in [0, 0.1) is 0 Å². The van der Waals surface area contributed by atoms with Gasteiger partial charge in [0.2, 0.25) is 0 Å². The summed E-state index contributed by atoms with van der Waals surface area (Å²) in [6.07, 6.45) is 5.25. The zero-order valence-corrected chi connectivity index (χ0v) is 11.5. The van der Waals surface area contributed by atoms with Crippen molar-refractivity contribution in [2.75, 3.05) is 18.0 Å². The molecule has 19 heavy (non-hydrogen) atoms. The number of carboxylic acid groups (broad SMARTS) is 1.